The summed E-state index contributed by atoms with van der Waals surface area (Å²) in [4.78, 5) is 37.3. The van der Waals surface area contributed by atoms with E-state index in [1.165, 1.54) is 6.92 Å². The van der Waals surface area contributed by atoms with Crippen LogP contribution >= 0.6 is 11.6 Å². The number of hydrogen-bond donors (Lipinski definition) is 4. The van der Waals surface area contributed by atoms with E-state index in [9.17, 15) is 24.8 Å². The van der Waals surface area contributed by atoms with Gasteiger partial charge in [0.05, 0.1) is 18.1 Å². The highest BCUT2D eigenvalue weighted by Gasteiger charge is 2.32. The van der Waals surface area contributed by atoms with Crippen LogP contribution in [0.15, 0.2) is 24.3 Å². The van der Waals surface area contributed by atoms with Gasteiger partial charge in [0, 0.05) is 17.5 Å². The van der Waals surface area contributed by atoms with Crippen molar-refractivity contribution >= 4 is 29.3 Å². The molecule has 9 heteroatoms. The van der Waals surface area contributed by atoms with E-state index in [1.807, 2.05) is 19.9 Å². The van der Waals surface area contributed by atoms with Crippen LogP contribution in [0.3, 0.4) is 0 Å². The van der Waals surface area contributed by atoms with Crippen LogP contribution in [-0.4, -0.2) is 41.5 Å². The molecule has 3 amide bonds. The highest BCUT2D eigenvalue weighted by Crippen LogP contribution is 2.26. The Morgan fingerprint density at radius 3 is 2.50 bits per heavy atom. The predicted molar refractivity (Wildman–Crippen MR) is 120 cm³/mol. The number of nitrogens with zero attached hydrogens (tertiary/aromatic N) is 1. The zero-order valence-electron chi connectivity index (χ0n) is 18.7. The maximum atomic E-state index is 12.9. The molecule has 1 aromatic rings. The molecule has 0 aliphatic carbocycles. The van der Waals surface area contributed by atoms with Crippen molar-refractivity contribution in [1.82, 2.24) is 16.0 Å². The molecule has 1 fully saturated rings. The van der Waals surface area contributed by atoms with Crippen LogP contribution in [0.25, 0.3) is 0 Å². The third-order valence-electron chi connectivity index (χ3n) is 5.49. The second kappa shape index (κ2) is 11.3. The van der Waals surface area contributed by atoms with Crippen molar-refractivity contribution in [2.45, 2.75) is 64.1 Å². The lowest BCUT2D eigenvalue weighted by molar-refractivity contribution is -0.132. The molecule has 2 rings (SSSR count). The minimum Gasteiger partial charge on any atom is -0.385 e. The van der Waals surface area contributed by atoms with Crippen molar-refractivity contribution in [2.24, 2.45) is 11.8 Å². The van der Waals surface area contributed by atoms with E-state index >= 15 is 0 Å². The lowest BCUT2D eigenvalue weighted by Gasteiger charge is -2.26. The lowest BCUT2D eigenvalue weighted by atomic mass is 9.92. The molecule has 1 saturated heterocycles. The Morgan fingerprint density at radius 2 is 1.97 bits per heavy atom. The van der Waals surface area contributed by atoms with Crippen LogP contribution in [-0.2, 0) is 20.0 Å². The zero-order valence-corrected chi connectivity index (χ0v) is 19.4. The molecule has 1 aromatic carbocycles. The first-order valence-corrected chi connectivity index (χ1v) is 11.1. The van der Waals surface area contributed by atoms with Crippen LogP contribution in [0.1, 0.15) is 52.0 Å². The number of hydrogen-bond acceptors (Lipinski definition) is 5. The van der Waals surface area contributed by atoms with Gasteiger partial charge >= 0.3 is 0 Å². The van der Waals surface area contributed by atoms with Gasteiger partial charge in [-0.25, -0.2) is 0 Å². The summed E-state index contributed by atoms with van der Waals surface area (Å²) in [6.07, 6.45) is 0.962. The Kier molecular flexibility index (Phi) is 9.05. The Morgan fingerprint density at radius 1 is 1.31 bits per heavy atom. The predicted octanol–water partition coefficient (Wildman–Crippen LogP) is 2.00. The Bertz CT molecular complexity index is 864. The van der Waals surface area contributed by atoms with Crippen LogP contribution in [0.5, 0.6) is 0 Å². The number of carbonyl (C=O) groups is 3. The van der Waals surface area contributed by atoms with E-state index in [1.54, 1.807) is 24.3 Å². The smallest absolute Gasteiger partial charge is 0.243 e. The van der Waals surface area contributed by atoms with E-state index in [0.29, 0.717) is 30.0 Å². The van der Waals surface area contributed by atoms with Crippen molar-refractivity contribution in [1.29, 1.82) is 5.26 Å². The monoisotopic (exact) mass is 462 g/mol. The molecule has 1 aliphatic heterocycles. The van der Waals surface area contributed by atoms with Crippen molar-refractivity contribution in [3.05, 3.63) is 34.9 Å². The van der Waals surface area contributed by atoms with Crippen molar-refractivity contribution in [3.63, 3.8) is 0 Å². The molecule has 0 aromatic heterocycles. The third-order valence-corrected chi connectivity index (χ3v) is 5.74. The molecular formula is C23H31ClN4O4. The molecule has 0 spiro atoms. The number of benzene rings is 1. The van der Waals surface area contributed by atoms with E-state index in [4.69, 9.17) is 11.6 Å². The summed E-state index contributed by atoms with van der Waals surface area (Å²) in [6, 6.07) is 6.88. The Balaban J connectivity index is 2.02. The van der Waals surface area contributed by atoms with E-state index < -0.39 is 29.5 Å². The summed E-state index contributed by atoms with van der Waals surface area (Å²) in [5.74, 6) is -1.30. The SMILES string of the molecule is CC(C)C[C@H](NC(=O)CC(C)(O)c1ccc(Cl)cc1)C(=O)NC(C#N)C[C@@H]1CCNC1=O. The molecule has 8 nitrogen and oxygen atoms in total. The number of halogens is 1. The van der Waals surface area contributed by atoms with Gasteiger partial charge in [0.15, 0.2) is 0 Å². The van der Waals surface area contributed by atoms with Crippen LogP contribution in [0.4, 0.5) is 0 Å². The number of aliphatic hydroxyl groups is 1. The summed E-state index contributed by atoms with van der Waals surface area (Å²) in [6.45, 7) is 5.92. The van der Waals surface area contributed by atoms with Gasteiger partial charge in [-0.3, -0.25) is 14.4 Å². The molecule has 2 unspecified atom stereocenters. The van der Waals surface area contributed by atoms with E-state index in [2.05, 4.69) is 16.0 Å². The molecule has 0 bridgehead atoms. The van der Waals surface area contributed by atoms with Gasteiger partial charge in [-0.2, -0.15) is 5.26 Å². The number of carbonyl (C=O) groups excluding carboxylic acids is 3. The van der Waals surface area contributed by atoms with Gasteiger partial charge in [-0.15, -0.1) is 0 Å². The van der Waals surface area contributed by atoms with Gasteiger partial charge in [0.25, 0.3) is 0 Å². The number of amides is 3. The minimum atomic E-state index is -1.45. The largest absolute Gasteiger partial charge is 0.385 e. The Hall–Kier alpha value is -2.63. The van der Waals surface area contributed by atoms with Crippen molar-refractivity contribution in [3.8, 4) is 6.07 Å². The first-order valence-electron chi connectivity index (χ1n) is 10.8. The summed E-state index contributed by atoms with van der Waals surface area (Å²) in [5.41, 5.74) is -0.917. The normalized spacial score (nSPS) is 19.4. The molecule has 1 heterocycles. The maximum Gasteiger partial charge on any atom is 0.243 e. The second-order valence-electron chi connectivity index (χ2n) is 8.91. The molecular weight excluding hydrogens is 432 g/mol. The second-order valence-corrected chi connectivity index (χ2v) is 9.35. The van der Waals surface area contributed by atoms with Gasteiger partial charge in [-0.1, -0.05) is 37.6 Å². The summed E-state index contributed by atoms with van der Waals surface area (Å²) in [5, 5.41) is 28.8. The minimum absolute atomic E-state index is 0.101. The van der Waals surface area contributed by atoms with Gasteiger partial charge in [0.1, 0.15) is 12.1 Å². The highest BCUT2D eigenvalue weighted by molar-refractivity contribution is 6.30. The molecule has 174 valence electrons. The Labute approximate surface area is 193 Å². The quantitative estimate of drug-likeness (QED) is 0.422. The van der Waals surface area contributed by atoms with Crippen molar-refractivity contribution < 1.29 is 19.5 Å². The van der Waals surface area contributed by atoms with Crippen LogP contribution in [0, 0.1) is 23.2 Å². The average Bonchev–Trinajstić information content (AvgIpc) is 3.10. The van der Waals surface area contributed by atoms with E-state index in [0.717, 1.165) is 0 Å². The number of nitriles is 1. The molecule has 32 heavy (non-hydrogen) atoms. The highest BCUT2D eigenvalue weighted by atomic mass is 35.5. The van der Waals surface area contributed by atoms with Gasteiger partial charge in [0.2, 0.25) is 17.7 Å². The topological polar surface area (TPSA) is 131 Å². The first kappa shape index (κ1) is 25.6. The summed E-state index contributed by atoms with van der Waals surface area (Å²) in [7, 11) is 0. The van der Waals surface area contributed by atoms with Gasteiger partial charge < -0.3 is 21.1 Å². The molecule has 1 aliphatic rings. The third kappa shape index (κ3) is 7.50. The number of nitrogens with one attached hydrogen (secondary N) is 3. The average molecular weight is 463 g/mol. The van der Waals surface area contributed by atoms with E-state index in [-0.39, 0.29) is 30.6 Å². The standard InChI is InChI=1S/C23H31ClN4O4/c1-14(2)10-19(22(31)27-18(13-25)11-15-8-9-26-21(15)30)28-20(29)12-23(3,32)16-4-6-17(24)7-5-16/h4-7,14-15,18-19,32H,8-12H2,1-3H3,(H,26,30)(H,27,31)(H,28,29)/t15-,18?,19-,23?/m0/s1. The number of rotatable bonds is 10. The summed E-state index contributed by atoms with van der Waals surface area (Å²) >= 11 is 5.88. The molecule has 0 saturated carbocycles. The lowest BCUT2D eigenvalue weighted by Crippen LogP contribution is -2.51. The molecule has 0 radical (unpaired) electrons. The first-order chi connectivity index (χ1) is 15.0. The fourth-order valence-corrected chi connectivity index (χ4v) is 3.87. The molecule has 4 N–H and O–H groups in total. The van der Waals surface area contributed by atoms with Crippen molar-refractivity contribution in [2.75, 3.05) is 6.54 Å². The molecule has 4 atom stereocenters. The maximum absolute atomic E-state index is 12.9. The van der Waals surface area contributed by atoms with Gasteiger partial charge in [-0.05, 0) is 49.8 Å². The van der Waals surface area contributed by atoms with Crippen LogP contribution < -0.4 is 16.0 Å². The zero-order chi connectivity index (χ0) is 23.9. The summed E-state index contributed by atoms with van der Waals surface area (Å²) < 4.78 is 0. The van der Waals surface area contributed by atoms with Crippen LogP contribution in [0.2, 0.25) is 5.02 Å². The fraction of sp³-hybridized carbons (Fsp3) is 0.565. The fourth-order valence-electron chi connectivity index (χ4n) is 3.74.